The third-order valence-electron chi connectivity index (χ3n) is 5.33. The zero-order chi connectivity index (χ0) is 20.2. The molecule has 4 aromatic heterocycles. The Morgan fingerprint density at radius 1 is 1.00 bits per heavy atom. The van der Waals surface area contributed by atoms with Gasteiger partial charge in [-0.1, -0.05) is 20.8 Å². The second-order valence-electron chi connectivity index (χ2n) is 8.47. The Morgan fingerprint density at radius 3 is 2.59 bits per heavy atom. The molecule has 0 saturated carbocycles. The summed E-state index contributed by atoms with van der Waals surface area (Å²) < 4.78 is 1.86. The Balaban J connectivity index is 1.34. The molecule has 5 heterocycles. The van der Waals surface area contributed by atoms with Crippen LogP contribution in [0.5, 0.6) is 0 Å². The number of nitrogens with zero attached hydrogens (tertiary/aromatic N) is 9. The summed E-state index contributed by atoms with van der Waals surface area (Å²) in [6, 6.07) is 8.31. The minimum atomic E-state index is -0.118. The Labute approximate surface area is 168 Å². The second kappa shape index (κ2) is 6.33. The van der Waals surface area contributed by atoms with Crippen LogP contribution in [0, 0.1) is 0 Å². The van der Waals surface area contributed by atoms with Crippen molar-refractivity contribution >= 4 is 28.4 Å². The predicted molar refractivity (Wildman–Crippen MR) is 111 cm³/mol. The summed E-state index contributed by atoms with van der Waals surface area (Å²) in [6.45, 7) is 8.11. The lowest BCUT2D eigenvalue weighted by Crippen LogP contribution is -2.59. The average Bonchev–Trinajstić information content (AvgIpc) is 3.10. The molecule has 1 aliphatic rings. The van der Waals surface area contributed by atoms with Gasteiger partial charge in [0, 0.05) is 37.9 Å². The standard InChI is InChI=1S/C20H23N9/c1-20(2,3)19-25-24-16-7-8-17(26-29(16)19)28-11-13(12-28)27(4)15-6-5-14-18(23-15)22-10-9-21-14/h5-10,13H,11-12H2,1-4H3. The molecule has 0 radical (unpaired) electrons. The third-order valence-corrected chi connectivity index (χ3v) is 5.33. The summed E-state index contributed by atoms with van der Waals surface area (Å²) in [5, 5.41) is 13.4. The molecule has 29 heavy (non-hydrogen) atoms. The summed E-state index contributed by atoms with van der Waals surface area (Å²) in [4.78, 5) is 17.7. The smallest absolute Gasteiger partial charge is 0.180 e. The molecule has 0 unspecified atom stereocenters. The lowest BCUT2D eigenvalue weighted by atomic mass is 9.96. The van der Waals surface area contributed by atoms with Gasteiger partial charge in [-0.3, -0.25) is 4.98 Å². The maximum atomic E-state index is 4.80. The zero-order valence-corrected chi connectivity index (χ0v) is 17.0. The van der Waals surface area contributed by atoms with Crippen LogP contribution in [0.25, 0.3) is 16.8 Å². The predicted octanol–water partition coefficient (Wildman–Crippen LogP) is 2.08. The van der Waals surface area contributed by atoms with Crippen LogP contribution in [0.3, 0.4) is 0 Å². The quantitative estimate of drug-likeness (QED) is 0.526. The van der Waals surface area contributed by atoms with E-state index in [-0.39, 0.29) is 5.41 Å². The van der Waals surface area contributed by atoms with E-state index in [1.54, 1.807) is 12.4 Å². The van der Waals surface area contributed by atoms with E-state index in [2.05, 4.69) is 62.8 Å². The second-order valence-corrected chi connectivity index (χ2v) is 8.47. The van der Waals surface area contributed by atoms with Gasteiger partial charge in [-0.15, -0.1) is 15.3 Å². The molecule has 0 spiro atoms. The van der Waals surface area contributed by atoms with Crippen LogP contribution >= 0.6 is 0 Å². The summed E-state index contributed by atoms with van der Waals surface area (Å²) in [5.41, 5.74) is 2.13. The van der Waals surface area contributed by atoms with Gasteiger partial charge in [0.1, 0.15) is 17.2 Å². The van der Waals surface area contributed by atoms with Crippen molar-refractivity contribution in [1.29, 1.82) is 0 Å². The first kappa shape index (κ1) is 17.7. The summed E-state index contributed by atoms with van der Waals surface area (Å²) in [6.07, 6.45) is 3.35. The average molecular weight is 389 g/mol. The van der Waals surface area contributed by atoms with Crippen molar-refractivity contribution < 1.29 is 0 Å². The first-order valence-corrected chi connectivity index (χ1v) is 9.69. The Bertz CT molecular complexity index is 1190. The number of fused-ring (bicyclic) bond motifs is 2. The fourth-order valence-electron chi connectivity index (χ4n) is 3.53. The van der Waals surface area contributed by atoms with E-state index in [9.17, 15) is 0 Å². The van der Waals surface area contributed by atoms with Crippen LogP contribution in [0.4, 0.5) is 11.6 Å². The summed E-state index contributed by atoms with van der Waals surface area (Å²) >= 11 is 0. The third kappa shape index (κ3) is 3.02. The van der Waals surface area contributed by atoms with E-state index in [1.807, 2.05) is 28.8 Å². The maximum Gasteiger partial charge on any atom is 0.180 e. The van der Waals surface area contributed by atoms with Gasteiger partial charge in [-0.2, -0.15) is 4.52 Å². The Kier molecular flexibility index (Phi) is 3.87. The molecule has 0 aliphatic carbocycles. The molecule has 1 aliphatic heterocycles. The van der Waals surface area contributed by atoms with Crippen molar-refractivity contribution in [2.75, 3.05) is 29.9 Å². The topological polar surface area (TPSA) is 88.2 Å². The molecule has 148 valence electrons. The van der Waals surface area contributed by atoms with Gasteiger partial charge in [-0.05, 0) is 24.3 Å². The van der Waals surface area contributed by atoms with E-state index in [0.29, 0.717) is 11.7 Å². The van der Waals surface area contributed by atoms with Crippen molar-refractivity contribution in [2.45, 2.75) is 32.2 Å². The minimum absolute atomic E-state index is 0.118. The number of hydrogen-bond acceptors (Lipinski definition) is 8. The number of anilines is 2. The van der Waals surface area contributed by atoms with E-state index < -0.39 is 0 Å². The molecule has 9 heteroatoms. The van der Waals surface area contributed by atoms with Crippen molar-refractivity contribution in [2.24, 2.45) is 0 Å². The van der Waals surface area contributed by atoms with Gasteiger partial charge in [0.15, 0.2) is 17.1 Å². The highest BCUT2D eigenvalue weighted by molar-refractivity contribution is 5.71. The van der Waals surface area contributed by atoms with Crippen molar-refractivity contribution in [3.63, 3.8) is 0 Å². The summed E-state index contributed by atoms with van der Waals surface area (Å²) in [5.74, 6) is 2.70. The SMILES string of the molecule is CN(c1ccc2nccnc2n1)C1CN(c2ccc3nnc(C(C)(C)C)n3n2)C1. The highest BCUT2D eigenvalue weighted by Crippen LogP contribution is 2.26. The van der Waals surface area contributed by atoms with Gasteiger partial charge in [0.25, 0.3) is 0 Å². The molecule has 0 N–H and O–H groups in total. The molecule has 1 fully saturated rings. The molecule has 5 rings (SSSR count). The molecule has 9 nitrogen and oxygen atoms in total. The van der Waals surface area contributed by atoms with Gasteiger partial charge < -0.3 is 9.80 Å². The maximum absolute atomic E-state index is 4.80. The van der Waals surface area contributed by atoms with Crippen molar-refractivity contribution in [1.82, 2.24) is 34.8 Å². The first-order chi connectivity index (χ1) is 13.9. The molecule has 1 saturated heterocycles. The number of aromatic nitrogens is 7. The van der Waals surface area contributed by atoms with Crippen LogP contribution in [0.2, 0.25) is 0 Å². The fraction of sp³-hybridized carbons (Fsp3) is 0.400. The Morgan fingerprint density at radius 2 is 1.79 bits per heavy atom. The van der Waals surface area contributed by atoms with E-state index >= 15 is 0 Å². The number of likely N-dealkylation sites (N-methyl/N-ethyl adjacent to an activating group) is 1. The molecule has 0 aromatic carbocycles. The van der Waals surface area contributed by atoms with Gasteiger partial charge in [0.05, 0.1) is 6.04 Å². The lowest BCUT2D eigenvalue weighted by molar-refractivity contribution is 0.483. The molecule has 0 amide bonds. The number of pyridine rings is 1. The van der Waals surface area contributed by atoms with Crippen LogP contribution in [-0.4, -0.2) is 60.9 Å². The van der Waals surface area contributed by atoms with Gasteiger partial charge in [-0.25, -0.2) is 9.97 Å². The molecule has 4 aromatic rings. The van der Waals surface area contributed by atoms with Crippen LogP contribution in [0.1, 0.15) is 26.6 Å². The molecule has 0 atom stereocenters. The van der Waals surface area contributed by atoms with Crippen molar-refractivity contribution in [3.8, 4) is 0 Å². The lowest BCUT2D eigenvalue weighted by Gasteiger charge is -2.45. The first-order valence-electron chi connectivity index (χ1n) is 9.69. The van der Waals surface area contributed by atoms with Gasteiger partial charge in [0.2, 0.25) is 0 Å². The molecular weight excluding hydrogens is 366 g/mol. The number of hydrogen-bond donors (Lipinski definition) is 0. The van der Waals surface area contributed by atoms with E-state index in [4.69, 9.17) is 5.10 Å². The van der Waals surface area contributed by atoms with E-state index in [1.165, 1.54) is 0 Å². The monoisotopic (exact) mass is 389 g/mol. The fourth-order valence-corrected chi connectivity index (χ4v) is 3.53. The zero-order valence-electron chi connectivity index (χ0n) is 17.0. The highest BCUT2D eigenvalue weighted by Gasteiger charge is 2.32. The molecular formula is C20H23N9. The Hall–Kier alpha value is -3.36. The van der Waals surface area contributed by atoms with Crippen LogP contribution in [-0.2, 0) is 5.41 Å². The van der Waals surface area contributed by atoms with Crippen LogP contribution in [0.15, 0.2) is 36.7 Å². The van der Waals surface area contributed by atoms with E-state index in [0.717, 1.165) is 41.7 Å². The van der Waals surface area contributed by atoms with Crippen LogP contribution < -0.4 is 9.80 Å². The highest BCUT2D eigenvalue weighted by atomic mass is 15.4. The largest absolute Gasteiger partial charge is 0.353 e. The summed E-state index contributed by atoms with van der Waals surface area (Å²) in [7, 11) is 2.07. The normalized spacial score (nSPS) is 15.1. The van der Waals surface area contributed by atoms with Gasteiger partial charge >= 0.3 is 0 Å². The number of rotatable bonds is 3. The minimum Gasteiger partial charge on any atom is -0.353 e. The molecule has 0 bridgehead atoms. The van der Waals surface area contributed by atoms with Crippen molar-refractivity contribution in [3.05, 3.63) is 42.5 Å².